The highest BCUT2D eigenvalue weighted by molar-refractivity contribution is 5.26. The van der Waals surface area contributed by atoms with Crippen molar-refractivity contribution in [2.45, 2.75) is 31.6 Å². The highest BCUT2D eigenvalue weighted by Gasteiger charge is 2.33. The van der Waals surface area contributed by atoms with E-state index in [-0.39, 0.29) is 0 Å². The molecule has 0 spiro atoms. The first-order valence-electron chi connectivity index (χ1n) is 6.26. The van der Waals surface area contributed by atoms with Crippen LogP contribution in [0.25, 0.3) is 0 Å². The Hall–Kier alpha value is -1.14. The number of hydrogen-bond acceptors (Lipinski definition) is 2. The van der Waals surface area contributed by atoms with E-state index < -0.39 is 17.6 Å². The summed E-state index contributed by atoms with van der Waals surface area (Å²) in [6.07, 6.45) is -2.68. The fourth-order valence-electron chi connectivity index (χ4n) is 2.19. The van der Waals surface area contributed by atoms with Crippen LogP contribution >= 0.6 is 0 Å². The molecule has 0 saturated carbocycles. The largest absolute Gasteiger partial charge is 0.419 e. The molecule has 1 heterocycles. The molecule has 0 unspecified atom stereocenters. The van der Waals surface area contributed by atoms with Crippen LogP contribution in [0.2, 0.25) is 0 Å². The van der Waals surface area contributed by atoms with E-state index in [1.807, 2.05) is 0 Å². The van der Waals surface area contributed by atoms with E-state index >= 15 is 0 Å². The highest BCUT2D eigenvalue weighted by atomic mass is 19.4. The van der Waals surface area contributed by atoms with Gasteiger partial charge in [-0.25, -0.2) is 4.39 Å². The number of halogens is 4. The number of benzene rings is 1. The summed E-state index contributed by atoms with van der Waals surface area (Å²) in [5, 5.41) is 6.46. The number of hydrogen-bond donors (Lipinski definition) is 2. The first-order valence-corrected chi connectivity index (χ1v) is 6.26. The van der Waals surface area contributed by atoms with Crippen molar-refractivity contribution in [3.05, 3.63) is 35.1 Å². The molecule has 1 aliphatic heterocycles. The van der Waals surface area contributed by atoms with Crippen molar-refractivity contribution in [3.8, 4) is 0 Å². The maximum Gasteiger partial charge on any atom is 0.419 e. The lowest BCUT2D eigenvalue weighted by molar-refractivity contribution is -0.140. The average Bonchev–Trinajstić information content (AvgIpc) is 2.36. The fraction of sp³-hybridized carbons (Fsp3) is 0.538. The lowest BCUT2D eigenvalue weighted by atomic mass is 10.1. The minimum Gasteiger partial charge on any atom is -0.317 e. The normalized spacial score (nSPS) is 17.7. The zero-order valence-electron chi connectivity index (χ0n) is 10.4. The quantitative estimate of drug-likeness (QED) is 0.829. The molecule has 0 aromatic heterocycles. The van der Waals surface area contributed by atoms with Gasteiger partial charge in [-0.2, -0.15) is 13.2 Å². The molecule has 0 bridgehead atoms. The second kappa shape index (κ2) is 5.88. The molecular formula is C13H16F4N2. The van der Waals surface area contributed by atoms with Crippen LogP contribution in [0.5, 0.6) is 0 Å². The van der Waals surface area contributed by atoms with Crippen molar-refractivity contribution in [1.82, 2.24) is 10.6 Å². The van der Waals surface area contributed by atoms with E-state index in [9.17, 15) is 17.6 Å². The number of alkyl halides is 3. The van der Waals surface area contributed by atoms with Gasteiger partial charge in [-0.05, 0) is 43.6 Å². The van der Waals surface area contributed by atoms with Gasteiger partial charge < -0.3 is 10.6 Å². The van der Waals surface area contributed by atoms with Gasteiger partial charge in [-0.15, -0.1) is 0 Å². The third-order valence-corrected chi connectivity index (χ3v) is 3.27. The molecule has 1 aromatic carbocycles. The van der Waals surface area contributed by atoms with Crippen molar-refractivity contribution in [3.63, 3.8) is 0 Å². The van der Waals surface area contributed by atoms with Crippen molar-refractivity contribution in [2.24, 2.45) is 0 Å². The van der Waals surface area contributed by atoms with E-state index in [1.54, 1.807) is 0 Å². The van der Waals surface area contributed by atoms with Gasteiger partial charge in [0.1, 0.15) is 5.82 Å². The Morgan fingerprint density at radius 1 is 1.21 bits per heavy atom. The van der Waals surface area contributed by atoms with Crippen molar-refractivity contribution in [1.29, 1.82) is 0 Å². The molecule has 19 heavy (non-hydrogen) atoms. The van der Waals surface area contributed by atoms with E-state index in [0.717, 1.165) is 38.1 Å². The van der Waals surface area contributed by atoms with Crippen molar-refractivity contribution >= 4 is 0 Å². The summed E-state index contributed by atoms with van der Waals surface area (Å²) in [4.78, 5) is 0. The topological polar surface area (TPSA) is 24.1 Å². The molecule has 2 nitrogen and oxygen atoms in total. The van der Waals surface area contributed by atoms with Crippen LogP contribution < -0.4 is 10.6 Å². The van der Waals surface area contributed by atoms with E-state index in [0.29, 0.717) is 18.2 Å². The molecule has 106 valence electrons. The predicted octanol–water partition coefficient (Wildman–Crippen LogP) is 2.69. The summed E-state index contributed by atoms with van der Waals surface area (Å²) in [6, 6.07) is 3.41. The van der Waals surface area contributed by atoms with E-state index in [2.05, 4.69) is 10.6 Å². The zero-order valence-corrected chi connectivity index (χ0v) is 10.4. The molecule has 1 aromatic rings. The minimum atomic E-state index is -4.63. The van der Waals surface area contributed by atoms with Gasteiger partial charge in [0.05, 0.1) is 5.56 Å². The van der Waals surface area contributed by atoms with Gasteiger partial charge in [0.25, 0.3) is 0 Å². The zero-order chi connectivity index (χ0) is 13.9. The summed E-state index contributed by atoms with van der Waals surface area (Å²) >= 11 is 0. The maximum atomic E-state index is 13.4. The Bertz CT molecular complexity index is 425. The van der Waals surface area contributed by atoms with Gasteiger partial charge in [0.15, 0.2) is 0 Å². The molecule has 1 fully saturated rings. The first-order chi connectivity index (χ1) is 8.97. The predicted molar refractivity (Wildman–Crippen MR) is 64.1 cm³/mol. The Morgan fingerprint density at radius 3 is 2.47 bits per heavy atom. The van der Waals surface area contributed by atoms with Crippen molar-refractivity contribution in [2.75, 3.05) is 13.1 Å². The van der Waals surface area contributed by atoms with E-state index in [1.165, 1.54) is 6.07 Å². The number of piperidine rings is 1. The summed E-state index contributed by atoms with van der Waals surface area (Å²) < 4.78 is 50.5. The van der Waals surface area contributed by atoms with Crippen LogP contribution in [0.15, 0.2) is 18.2 Å². The average molecular weight is 276 g/mol. The van der Waals surface area contributed by atoms with Crippen LogP contribution in [-0.4, -0.2) is 19.1 Å². The summed E-state index contributed by atoms with van der Waals surface area (Å²) in [5.41, 5.74) is -0.679. The first kappa shape index (κ1) is 14.3. The molecule has 0 atom stereocenters. The lowest BCUT2D eigenvalue weighted by Crippen LogP contribution is -2.39. The maximum absolute atomic E-state index is 13.4. The third-order valence-electron chi connectivity index (χ3n) is 3.27. The van der Waals surface area contributed by atoms with Crippen LogP contribution in [0.3, 0.4) is 0 Å². The highest BCUT2D eigenvalue weighted by Crippen LogP contribution is 2.31. The van der Waals surface area contributed by atoms with Crippen LogP contribution in [0, 0.1) is 5.82 Å². The van der Waals surface area contributed by atoms with Crippen LogP contribution in [0.1, 0.15) is 24.0 Å². The molecule has 6 heteroatoms. The number of nitrogens with one attached hydrogen (secondary N) is 2. The molecule has 0 amide bonds. The Balaban J connectivity index is 1.96. The second-order valence-electron chi connectivity index (χ2n) is 4.72. The molecule has 0 radical (unpaired) electrons. The fourth-order valence-corrected chi connectivity index (χ4v) is 2.19. The minimum absolute atomic E-state index is 0.339. The Morgan fingerprint density at radius 2 is 1.89 bits per heavy atom. The standard InChI is InChI=1S/C13H16F4N2/c14-12-7-9(1-2-11(12)13(15,16)17)8-19-10-3-5-18-6-4-10/h1-2,7,10,18-19H,3-6,8H2. The smallest absolute Gasteiger partial charge is 0.317 e. The summed E-state index contributed by atoms with van der Waals surface area (Å²) in [7, 11) is 0. The van der Waals surface area contributed by atoms with Gasteiger partial charge >= 0.3 is 6.18 Å². The van der Waals surface area contributed by atoms with Crippen LogP contribution in [0.4, 0.5) is 17.6 Å². The molecule has 1 aliphatic rings. The monoisotopic (exact) mass is 276 g/mol. The summed E-state index contributed by atoms with van der Waals surface area (Å²) in [5.74, 6) is -1.21. The number of rotatable bonds is 3. The lowest BCUT2D eigenvalue weighted by Gasteiger charge is -2.23. The Kier molecular flexibility index (Phi) is 4.42. The van der Waals surface area contributed by atoms with Crippen LogP contribution in [-0.2, 0) is 12.7 Å². The summed E-state index contributed by atoms with van der Waals surface area (Å²) in [6.45, 7) is 2.25. The molecule has 1 saturated heterocycles. The molecular weight excluding hydrogens is 260 g/mol. The Labute approximate surface area is 109 Å². The van der Waals surface area contributed by atoms with Gasteiger partial charge in [-0.1, -0.05) is 6.07 Å². The van der Waals surface area contributed by atoms with Gasteiger partial charge in [0, 0.05) is 12.6 Å². The van der Waals surface area contributed by atoms with E-state index in [4.69, 9.17) is 0 Å². The SMILES string of the molecule is Fc1cc(CNC2CCNCC2)ccc1C(F)(F)F. The van der Waals surface area contributed by atoms with Gasteiger partial charge in [0.2, 0.25) is 0 Å². The second-order valence-corrected chi connectivity index (χ2v) is 4.72. The molecule has 0 aliphatic carbocycles. The third kappa shape index (κ3) is 3.91. The van der Waals surface area contributed by atoms with Crippen molar-refractivity contribution < 1.29 is 17.6 Å². The van der Waals surface area contributed by atoms with Gasteiger partial charge in [-0.3, -0.25) is 0 Å². The molecule has 2 rings (SSSR count). The molecule has 2 N–H and O–H groups in total.